The van der Waals surface area contributed by atoms with E-state index >= 15 is 0 Å². The largest absolute Gasteiger partial charge is 0.331 e. The molecule has 0 spiro atoms. The zero-order valence-electron chi connectivity index (χ0n) is 19.2. The quantitative estimate of drug-likeness (QED) is 0.294. The average molecular weight is 485 g/mol. The third-order valence-corrected chi connectivity index (χ3v) is 6.62. The van der Waals surface area contributed by atoms with Crippen LogP contribution >= 0.6 is 11.8 Å². The number of amides is 2. The Balaban J connectivity index is 1.53. The van der Waals surface area contributed by atoms with Crippen LogP contribution in [0.4, 0.5) is 10.1 Å². The van der Waals surface area contributed by atoms with Gasteiger partial charge in [-0.3, -0.25) is 9.59 Å². The van der Waals surface area contributed by atoms with Crippen molar-refractivity contribution in [3.05, 3.63) is 132 Å². The lowest BCUT2D eigenvalue weighted by atomic mass is 9.97. The number of anilines is 1. The van der Waals surface area contributed by atoms with E-state index in [0.717, 1.165) is 16.0 Å². The molecule has 0 radical (unpaired) electrons. The van der Waals surface area contributed by atoms with Gasteiger partial charge in [0.25, 0.3) is 5.91 Å². The molecule has 0 heterocycles. The van der Waals surface area contributed by atoms with Crippen molar-refractivity contribution in [2.75, 3.05) is 18.1 Å². The van der Waals surface area contributed by atoms with E-state index in [-0.39, 0.29) is 29.4 Å². The third-order valence-electron chi connectivity index (χ3n) is 5.54. The van der Waals surface area contributed by atoms with Crippen molar-refractivity contribution in [1.29, 1.82) is 0 Å². The van der Waals surface area contributed by atoms with Crippen LogP contribution in [0, 0.1) is 5.82 Å². The van der Waals surface area contributed by atoms with E-state index in [0.29, 0.717) is 11.3 Å². The first-order valence-electron chi connectivity index (χ1n) is 11.2. The molecule has 35 heavy (non-hydrogen) atoms. The highest BCUT2D eigenvalue weighted by Crippen LogP contribution is 2.31. The van der Waals surface area contributed by atoms with Gasteiger partial charge in [-0.25, -0.2) is 4.39 Å². The van der Waals surface area contributed by atoms with E-state index in [1.165, 1.54) is 36.0 Å². The fraction of sp³-hybridized carbons (Fsp3) is 0.103. The molecule has 4 rings (SSSR count). The molecule has 0 bridgehead atoms. The molecule has 4 aromatic carbocycles. The molecular weight excluding hydrogens is 459 g/mol. The van der Waals surface area contributed by atoms with E-state index in [1.807, 2.05) is 78.9 Å². The summed E-state index contributed by atoms with van der Waals surface area (Å²) in [5.41, 5.74) is 3.08. The smallest absolute Gasteiger partial charge is 0.255 e. The molecule has 0 saturated carbocycles. The normalized spacial score (nSPS) is 10.7. The highest BCUT2D eigenvalue weighted by atomic mass is 32.2. The van der Waals surface area contributed by atoms with Crippen molar-refractivity contribution in [3.8, 4) is 0 Å². The Hall–Kier alpha value is -3.90. The van der Waals surface area contributed by atoms with Gasteiger partial charge in [0.1, 0.15) is 5.82 Å². The molecule has 2 amide bonds. The fourth-order valence-corrected chi connectivity index (χ4v) is 4.70. The number of thioether (sulfide) groups is 1. The van der Waals surface area contributed by atoms with E-state index in [9.17, 15) is 14.0 Å². The second-order valence-electron chi connectivity index (χ2n) is 7.98. The maximum atomic E-state index is 13.7. The molecule has 4 aromatic rings. The molecule has 0 aliphatic heterocycles. The SMILES string of the molecule is CN(C(=O)c1ccccc1SCC(=O)Nc1ccc(F)cc1)C(c1ccccc1)c1ccccc1. The van der Waals surface area contributed by atoms with Crippen molar-refractivity contribution < 1.29 is 14.0 Å². The molecule has 4 nitrogen and oxygen atoms in total. The lowest BCUT2D eigenvalue weighted by Crippen LogP contribution is -2.32. The number of carbonyl (C=O) groups excluding carboxylic acids is 2. The van der Waals surface area contributed by atoms with Gasteiger partial charge in [-0.05, 0) is 47.5 Å². The maximum Gasteiger partial charge on any atom is 0.255 e. The summed E-state index contributed by atoms with van der Waals surface area (Å²) in [5, 5.41) is 2.75. The predicted octanol–water partition coefficient (Wildman–Crippen LogP) is 6.42. The Kier molecular flexibility index (Phi) is 7.95. The minimum Gasteiger partial charge on any atom is -0.331 e. The summed E-state index contributed by atoms with van der Waals surface area (Å²) in [6, 6.07) is 32.5. The predicted molar refractivity (Wildman–Crippen MR) is 139 cm³/mol. The number of benzene rings is 4. The first-order chi connectivity index (χ1) is 17.0. The number of nitrogens with zero attached hydrogens (tertiary/aromatic N) is 1. The van der Waals surface area contributed by atoms with Gasteiger partial charge in [0.2, 0.25) is 5.91 Å². The number of carbonyl (C=O) groups is 2. The number of hydrogen-bond acceptors (Lipinski definition) is 3. The molecule has 0 unspecified atom stereocenters. The molecule has 0 fully saturated rings. The molecule has 6 heteroatoms. The minimum atomic E-state index is -0.363. The summed E-state index contributed by atoms with van der Waals surface area (Å²) in [7, 11) is 1.80. The molecule has 0 saturated heterocycles. The van der Waals surface area contributed by atoms with Crippen LogP contribution in [-0.2, 0) is 4.79 Å². The monoisotopic (exact) mass is 484 g/mol. The number of halogens is 1. The summed E-state index contributed by atoms with van der Waals surface area (Å²) in [4.78, 5) is 28.6. The van der Waals surface area contributed by atoms with E-state index in [2.05, 4.69) is 5.32 Å². The summed E-state index contributed by atoms with van der Waals surface area (Å²) >= 11 is 1.29. The van der Waals surface area contributed by atoms with Crippen LogP contribution in [0.1, 0.15) is 27.5 Å². The second-order valence-corrected chi connectivity index (χ2v) is 9.00. The van der Waals surface area contributed by atoms with E-state index in [4.69, 9.17) is 0 Å². The summed E-state index contributed by atoms with van der Waals surface area (Å²) in [6.07, 6.45) is 0. The lowest BCUT2D eigenvalue weighted by molar-refractivity contribution is -0.113. The highest BCUT2D eigenvalue weighted by Gasteiger charge is 2.26. The summed E-state index contributed by atoms with van der Waals surface area (Å²) in [6.45, 7) is 0. The third kappa shape index (κ3) is 6.16. The number of nitrogens with one attached hydrogen (secondary N) is 1. The Morgan fingerprint density at radius 1 is 0.800 bits per heavy atom. The van der Waals surface area contributed by atoms with Crippen LogP contribution in [0.5, 0.6) is 0 Å². The Labute approximate surface area is 208 Å². The Morgan fingerprint density at radius 3 is 1.94 bits per heavy atom. The van der Waals surface area contributed by atoms with Crippen LogP contribution in [0.25, 0.3) is 0 Å². The van der Waals surface area contributed by atoms with Crippen molar-refractivity contribution in [1.82, 2.24) is 4.90 Å². The van der Waals surface area contributed by atoms with Gasteiger partial charge in [0.15, 0.2) is 0 Å². The first-order valence-corrected chi connectivity index (χ1v) is 12.2. The van der Waals surface area contributed by atoms with Crippen LogP contribution in [-0.4, -0.2) is 29.5 Å². The number of rotatable bonds is 8. The molecule has 1 N–H and O–H groups in total. The van der Waals surface area contributed by atoms with Gasteiger partial charge in [-0.1, -0.05) is 72.8 Å². The average Bonchev–Trinajstić information content (AvgIpc) is 2.90. The van der Waals surface area contributed by atoms with Crippen LogP contribution in [0.3, 0.4) is 0 Å². The standard InChI is InChI=1S/C29H25FN2O2S/c1-32(28(21-10-4-2-5-11-21)22-12-6-3-7-13-22)29(34)25-14-8-9-15-26(25)35-20-27(33)31-24-18-16-23(30)17-19-24/h2-19,28H,20H2,1H3,(H,31,33). The molecule has 0 atom stereocenters. The van der Waals surface area contributed by atoms with Gasteiger partial charge >= 0.3 is 0 Å². The van der Waals surface area contributed by atoms with Crippen LogP contribution in [0.15, 0.2) is 114 Å². The minimum absolute atomic E-state index is 0.117. The molecule has 0 aromatic heterocycles. The van der Waals surface area contributed by atoms with Crippen LogP contribution < -0.4 is 5.32 Å². The zero-order chi connectivity index (χ0) is 24.6. The topological polar surface area (TPSA) is 49.4 Å². The van der Waals surface area contributed by atoms with Crippen molar-refractivity contribution in [2.24, 2.45) is 0 Å². The van der Waals surface area contributed by atoms with Crippen molar-refractivity contribution >= 4 is 29.3 Å². The molecule has 0 aliphatic rings. The summed E-state index contributed by atoms with van der Waals surface area (Å²) in [5.74, 6) is -0.613. The zero-order valence-corrected chi connectivity index (χ0v) is 20.0. The second kappa shape index (κ2) is 11.5. The maximum absolute atomic E-state index is 13.7. The van der Waals surface area contributed by atoms with Crippen molar-refractivity contribution in [3.63, 3.8) is 0 Å². The van der Waals surface area contributed by atoms with E-state index in [1.54, 1.807) is 18.0 Å². The Bertz CT molecular complexity index is 1240. The highest BCUT2D eigenvalue weighted by molar-refractivity contribution is 8.00. The van der Waals surface area contributed by atoms with Gasteiger partial charge in [0, 0.05) is 17.6 Å². The van der Waals surface area contributed by atoms with Gasteiger partial charge in [-0.2, -0.15) is 0 Å². The first kappa shape index (κ1) is 24.2. The van der Waals surface area contributed by atoms with Gasteiger partial charge in [0.05, 0.1) is 17.4 Å². The van der Waals surface area contributed by atoms with Gasteiger partial charge < -0.3 is 10.2 Å². The Morgan fingerprint density at radius 2 is 1.34 bits per heavy atom. The summed E-state index contributed by atoms with van der Waals surface area (Å²) < 4.78 is 13.1. The molecule has 176 valence electrons. The van der Waals surface area contributed by atoms with Crippen molar-refractivity contribution in [2.45, 2.75) is 10.9 Å². The van der Waals surface area contributed by atoms with Gasteiger partial charge in [-0.15, -0.1) is 11.8 Å². The lowest BCUT2D eigenvalue weighted by Gasteiger charge is -2.30. The number of hydrogen-bond donors (Lipinski definition) is 1. The molecular formula is C29H25FN2O2S. The van der Waals surface area contributed by atoms with E-state index < -0.39 is 0 Å². The molecule has 0 aliphatic carbocycles. The fourth-order valence-electron chi connectivity index (χ4n) is 3.86. The van der Waals surface area contributed by atoms with Crippen LogP contribution in [0.2, 0.25) is 0 Å².